The molecule has 2 heteroatoms. The summed E-state index contributed by atoms with van der Waals surface area (Å²) in [5.41, 5.74) is 0. The van der Waals surface area contributed by atoms with Gasteiger partial charge in [0.15, 0.2) is 0 Å². The normalized spacial score (nSPS) is 22.7. The minimum Gasteiger partial charge on any atom is -0.303 e. The molecule has 1 aliphatic rings. The molecule has 0 aromatic carbocycles. The Hall–Kier alpha value is -0.370. The number of hydrogen-bond donors (Lipinski definition) is 0. The van der Waals surface area contributed by atoms with Crippen molar-refractivity contribution >= 4 is 5.78 Å². The van der Waals surface area contributed by atoms with Gasteiger partial charge in [-0.25, -0.2) is 0 Å². The van der Waals surface area contributed by atoms with Crippen LogP contribution in [0.25, 0.3) is 0 Å². The molecule has 1 fully saturated rings. The molecule has 15 heavy (non-hydrogen) atoms. The molecule has 1 atom stereocenters. The second-order valence-electron chi connectivity index (χ2n) is 5.16. The Balaban J connectivity index is 2.39. The van der Waals surface area contributed by atoms with Crippen LogP contribution in [0.2, 0.25) is 0 Å². The summed E-state index contributed by atoms with van der Waals surface area (Å²) in [6.45, 7) is 9.86. The van der Waals surface area contributed by atoms with Gasteiger partial charge in [0, 0.05) is 25.4 Å². The maximum Gasteiger partial charge on any atom is 0.137 e. The highest BCUT2D eigenvalue weighted by molar-refractivity contribution is 5.81. The molecule has 0 amide bonds. The Kier molecular flexibility index (Phi) is 5.30. The van der Waals surface area contributed by atoms with E-state index >= 15 is 0 Å². The summed E-state index contributed by atoms with van der Waals surface area (Å²) in [6, 6.07) is 0. The van der Waals surface area contributed by atoms with Crippen molar-refractivity contribution in [3.05, 3.63) is 0 Å². The van der Waals surface area contributed by atoms with Gasteiger partial charge in [0.05, 0.1) is 0 Å². The number of nitrogens with zero attached hydrogens (tertiary/aromatic N) is 1. The van der Waals surface area contributed by atoms with Crippen molar-refractivity contribution < 1.29 is 4.79 Å². The highest BCUT2D eigenvalue weighted by Gasteiger charge is 2.23. The van der Waals surface area contributed by atoms with Crippen LogP contribution < -0.4 is 0 Å². The lowest BCUT2D eigenvalue weighted by molar-refractivity contribution is -0.125. The smallest absolute Gasteiger partial charge is 0.137 e. The van der Waals surface area contributed by atoms with E-state index in [1.807, 2.05) is 0 Å². The third-order valence-corrected chi connectivity index (χ3v) is 3.23. The van der Waals surface area contributed by atoms with Crippen molar-refractivity contribution in [1.29, 1.82) is 0 Å². The van der Waals surface area contributed by atoms with Crippen LogP contribution in [0, 0.1) is 11.8 Å². The maximum atomic E-state index is 11.7. The number of hydrogen-bond acceptors (Lipinski definition) is 2. The molecule has 0 aliphatic heterocycles. The number of Topliss-reactive ketones (excluding diaryl/α,β-unsaturated/α-hetero) is 1. The molecule has 0 N–H and O–H groups in total. The Morgan fingerprint density at radius 1 is 1.40 bits per heavy atom. The first-order valence-electron chi connectivity index (χ1n) is 6.38. The first-order chi connectivity index (χ1) is 7.13. The molecule has 1 saturated carbocycles. The fourth-order valence-corrected chi connectivity index (χ4v) is 2.41. The molecular weight excluding hydrogens is 186 g/mol. The second-order valence-corrected chi connectivity index (χ2v) is 5.16. The fourth-order valence-electron chi connectivity index (χ4n) is 2.41. The van der Waals surface area contributed by atoms with Gasteiger partial charge in [-0.1, -0.05) is 27.2 Å². The quantitative estimate of drug-likeness (QED) is 0.697. The zero-order valence-electron chi connectivity index (χ0n) is 10.5. The Morgan fingerprint density at radius 3 is 2.67 bits per heavy atom. The van der Waals surface area contributed by atoms with E-state index in [0.29, 0.717) is 17.6 Å². The third kappa shape index (κ3) is 4.33. The summed E-state index contributed by atoms with van der Waals surface area (Å²) >= 11 is 0. The van der Waals surface area contributed by atoms with Gasteiger partial charge < -0.3 is 4.90 Å². The molecule has 0 radical (unpaired) electrons. The average molecular weight is 211 g/mol. The topological polar surface area (TPSA) is 20.3 Å². The van der Waals surface area contributed by atoms with Crippen molar-refractivity contribution in [2.24, 2.45) is 11.8 Å². The molecule has 1 unspecified atom stereocenters. The van der Waals surface area contributed by atoms with Crippen LogP contribution in [0.1, 0.15) is 46.5 Å². The molecule has 0 spiro atoms. The summed E-state index contributed by atoms with van der Waals surface area (Å²) < 4.78 is 0. The molecule has 0 aromatic rings. The van der Waals surface area contributed by atoms with Gasteiger partial charge in [-0.2, -0.15) is 0 Å². The van der Waals surface area contributed by atoms with Gasteiger partial charge in [0.2, 0.25) is 0 Å². The van der Waals surface area contributed by atoms with E-state index in [0.717, 1.165) is 38.9 Å². The van der Waals surface area contributed by atoms with E-state index in [4.69, 9.17) is 0 Å². The number of carbonyl (C=O) groups excluding carboxylic acids is 1. The first-order valence-corrected chi connectivity index (χ1v) is 6.38. The van der Waals surface area contributed by atoms with Crippen LogP contribution in [-0.4, -0.2) is 30.3 Å². The van der Waals surface area contributed by atoms with E-state index in [-0.39, 0.29) is 0 Å². The minimum atomic E-state index is 0.331. The summed E-state index contributed by atoms with van der Waals surface area (Å²) in [5.74, 6) is 1.53. The van der Waals surface area contributed by atoms with Crippen LogP contribution >= 0.6 is 0 Å². The SMILES string of the molecule is CCN(CC(C)C)CC1CCCCC1=O. The van der Waals surface area contributed by atoms with Crippen molar-refractivity contribution in [1.82, 2.24) is 4.90 Å². The largest absolute Gasteiger partial charge is 0.303 e. The lowest BCUT2D eigenvalue weighted by Crippen LogP contribution is -2.36. The molecule has 0 saturated heterocycles. The van der Waals surface area contributed by atoms with Crippen molar-refractivity contribution in [2.45, 2.75) is 46.5 Å². The van der Waals surface area contributed by atoms with Crippen LogP contribution in [0.4, 0.5) is 0 Å². The Labute approximate surface area is 94.0 Å². The minimum absolute atomic E-state index is 0.331. The van der Waals surface area contributed by atoms with Gasteiger partial charge in [0.1, 0.15) is 5.78 Å². The first kappa shape index (κ1) is 12.7. The van der Waals surface area contributed by atoms with E-state index in [1.54, 1.807) is 0 Å². The lowest BCUT2D eigenvalue weighted by Gasteiger charge is -2.29. The molecular formula is C13H25NO. The molecule has 0 heterocycles. The lowest BCUT2D eigenvalue weighted by atomic mass is 9.87. The summed E-state index contributed by atoms with van der Waals surface area (Å²) in [4.78, 5) is 14.1. The summed E-state index contributed by atoms with van der Waals surface area (Å²) in [7, 11) is 0. The standard InChI is InChI=1S/C13H25NO/c1-4-14(9-11(2)3)10-12-7-5-6-8-13(12)15/h11-12H,4-10H2,1-3H3. The highest BCUT2D eigenvalue weighted by Crippen LogP contribution is 2.21. The maximum absolute atomic E-state index is 11.7. The fraction of sp³-hybridized carbons (Fsp3) is 0.923. The third-order valence-electron chi connectivity index (χ3n) is 3.23. The van der Waals surface area contributed by atoms with E-state index in [9.17, 15) is 4.79 Å². The van der Waals surface area contributed by atoms with Gasteiger partial charge in [-0.15, -0.1) is 0 Å². The molecule has 2 nitrogen and oxygen atoms in total. The number of carbonyl (C=O) groups is 1. The molecule has 1 aliphatic carbocycles. The highest BCUT2D eigenvalue weighted by atomic mass is 16.1. The van der Waals surface area contributed by atoms with E-state index in [2.05, 4.69) is 25.7 Å². The number of rotatable bonds is 5. The number of ketones is 1. The van der Waals surface area contributed by atoms with Gasteiger partial charge in [-0.05, 0) is 25.3 Å². The zero-order valence-corrected chi connectivity index (χ0v) is 10.5. The van der Waals surface area contributed by atoms with E-state index < -0.39 is 0 Å². The monoisotopic (exact) mass is 211 g/mol. The van der Waals surface area contributed by atoms with Crippen LogP contribution in [0.3, 0.4) is 0 Å². The average Bonchev–Trinajstić information content (AvgIpc) is 2.19. The van der Waals surface area contributed by atoms with Crippen molar-refractivity contribution in [3.8, 4) is 0 Å². The molecule has 0 aromatic heterocycles. The van der Waals surface area contributed by atoms with E-state index in [1.165, 1.54) is 6.42 Å². The predicted octanol–water partition coefficient (Wildman–Crippen LogP) is 2.72. The van der Waals surface area contributed by atoms with Gasteiger partial charge >= 0.3 is 0 Å². The predicted molar refractivity (Wildman–Crippen MR) is 63.9 cm³/mol. The second kappa shape index (κ2) is 6.26. The van der Waals surface area contributed by atoms with Gasteiger partial charge in [0.25, 0.3) is 0 Å². The van der Waals surface area contributed by atoms with Crippen LogP contribution in [0.15, 0.2) is 0 Å². The summed E-state index contributed by atoms with van der Waals surface area (Å²) in [5, 5.41) is 0. The zero-order chi connectivity index (χ0) is 11.3. The Bertz CT molecular complexity index is 201. The summed E-state index contributed by atoms with van der Waals surface area (Å²) in [6.07, 6.45) is 4.30. The van der Waals surface area contributed by atoms with Gasteiger partial charge in [-0.3, -0.25) is 4.79 Å². The molecule has 1 rings (SSSR count). The van der Waals surface area contributed by atoms with Crippen molar-refractivity contribution in [3.63, 3.8) is 0 Å². The molecule has 0 bridgehead atoms. The van der Waals surface area contributed by atoms with Crippen LogP contribution in [0.5, 0.6) is 0 Å². The Morgan fingerprint density at radius 2 is 2.13 bits per heavy atom. The van der Waals surface area contributed by atoms with Crippen molar-refractivity contribution in [2.75, 3.05) is 19.6 Å². The van der Waals surface area contributed by atoms with Crippen LogP contribution in [-0.2, 0) is 4.79 Å². The molecule has 88 valence electrons.